The Bertz CT molecular complexity index is 3240. The zero-order valence-electron chi connectivity index (χ0n) is 72.7. The highest BCUT2D eigenvalue weighted by molar-refractivity contribution is 7.37. The Morgan fingerprint density at radius 3 is 0.469 bits per heavy atom. The highest BCUT2D eigenvalue weighted by Crippen LogP contribution is 2.50. The molecule has 546 valence electrons. The van der Waals surface area contributed by atoms with E-state index in [9.17, 15) is 0 Å². The van der Waals surface area contributed by atoms with Gasteiger partial charge in [-0.15, -0.1) is 0 Å². The lowest BCUT2D eigenvalue weighted by Gasteiger charge is -2.47. The first-order valence-electron chi connectivity index (χ1n) is 39.4. The van der Waals surface area contributed by atoms with Gasteiger partial charge in [-0.3, -0.25) is 0 Å². The summed E-state index contributed by atoms with van der Waals surface area (Å²) in [4.78, 5) is 0. The molecule has 0 nitrogen and oxygen atoms in total. The molecule has 0 aliphatic carbocycles. The first-order valence-corrected chi connectivity index (χ1v) is 86.3. The Morgan fingerprint density at radius 2 is 0.337 bits per heavy atom. The Kier molecular flexibility index (Phi) is 23.4. The summed E-state index contributed by atoms with van der Waals surface area (Å²) in [6.07, 6.45) is 0. The molecule has 2 aliphatic heterocycles. The Balaban J connectivity index is 1.98. The van der Waals surface area contributed by atoms with Crippen LogP contribution in [0, 0.1) is 0 Å². The van der Waals surface area contributed by atoms with Gasteiger partial charge in [0.1, 0.15) is 0 Å². The summed E-state index contributed by atoms with van der Waals surface area (Å²) in [6.45, 7) is 121. The molecule has 5 aromatic carbocycles. The third-order valence-electron chi connectivity index (χ3n) is 23.6. The van der Waals surface area contributed by atoms with Gasteiger partial charge in [-0.2, -0.15) is 0 Å². The van der Waals surface area contributed by atoms with Crippen molar-refractivity contribution < 1.29 is 0 Å². The third kappa shape index (κ3) is 15.8. The van der Waals surface area contributed by atoms with E-state index in [1.54, 1.807) is 33.4 Å². The molecule has 0 N–H and O–H groups in total. The van der Waals surface area contributed by atoms with Crippen LogP contribution in [-0.4, -0.2) is 113 Å². The Hall–Kier alpha value is -0.864. The lowest BCUT2D eigenvalue weighted by atomic mass is 9.95. The maximum atomic E-state index is 3.18. The van der Waals surface area contributed by atoms with Crippen molar-refractivity contribution in [2.24, 2.45) is 0 Å². The summed E-state index contributed by atoms with van der Waals surface area (Å²) in [7, 11) is -28.7. The summed E-state index contributed by atoms with van der Waals surface area (Å²) in [5.74, 6) is 1.59. The number of benzene rings is 5. The van der Waals surface area contributed by atoms with Crippen molar-refractivity contribution in [1.82, 2.24) is 0 Å². The lowest BCUT2D eigenvalue weighted by Crippen LogP contribution is -2.66. The zero-order valence-corrected chi connectivity index (χ0v) is 86.7. The highest BCUT2D eigenvalue weighted by atomic mass is 28.4. The minimum atomic E-state index is -3.05. The van der Waals surface area contributed by atoms with E-state index in [2.05, 4.69) is 364 Å². The molecular formula is C84H154Si14. The molecule has 0 amide bonds. The van der Waals surface area contributed by atoms with Gasteiger partial charge >= 0.3 is 0 Å². The predicted octanol–water partition coefficient (Wildman–Crippen LogP) is 22.6. The summed E-state index contributed by atoms with van der Waals surface area (Å²) in [5, 5.41) is 18.6. The molecule has 0 saturated carbocycles. The molecule has 0 fully saturated rings. The van der Waals surface area contributed by atoms with Crippen LogP contribution in [0.5, 0.6) is 0 Å². The van der Waals surface area contributed by atoms with Gasteiger partial charge in [0.2, 0.25) is 0 Å². The van der Waals surface area contributed by atoms with Gasteiger partial charge in [0.25, 0.3) is 0 Å². The van der Waals surface area contributed by atoms with Gasteiger partial charge in [0.05, 0.1) is 0 Å². The van der Waals surface area contributed by atoms with E-state index < -0.39 is 113 Å². The van der Waals surface area contributed by atoms with Gasteiger partial charge in [0, 0.05) is 96.9 Å². The molecule has 0 saturated heterocycles. The van der Waals surface area contributed by atoms with Crippen LogP contribution >= 0.6 is 0 Å². The van der Waals surface area contributed by atoms with Crippen molar-refractivity contribution in [1.29, 1.82) is 0 Å². The maximum Gasteiger partial charge on any atom is 0.180 e. The fourth-order valence-corrected chi connectivity index (χ4v) is 114. The molecule has 14 heteroatoms. The van der Waals surface area contributed by atoms with Gasteiger partial charge in [-0.1, -0.05) is 364 Å². The highest BCUT2D eigenvalue weighted by Gasteiger charge is 2.69. The van der Waals surface area contributed by atoms with Crippen LogP contribution in [-0.2, 0) is 0 Å². The number of hydrogen-bond acceptors (Lipinski definition) is 0. The maximum absolute atomic E-state index is 3.18. The molecule has 0 bridgehead atoms. The first-order chi connectivity index (χ1) is 43.6. The van der Waals surface area contributed by atoms with Crippen LogP contribution in [0.25, 0.3) is 0 Å². The molecule has 2 aliphatic rings. The van der Waals surface area contributed by atoms with E-state index in [0.717, 1.165) is 0 Å². The fraction of sp³-hybridized carbons (Fsp3) is 0.643. The van der Waals surface area contributed by atoms with Gasteiger partial charge < -0.3 is 0 Å². The van der Waals surface area contributed by atoms with Crippen LogP contribution in [0.3, 0.4) is 0 Å². The molecule has 0 aromatic heterocycles. The van der Waals surface area contributed by atoms with Crippen LogP contribution in [0.1, 0.15) is 166 Å². The second-order valence-corrected chi connectivity index (χ2v) is 121. The van der Waals surface area contributed by atoms with Gasteiger partial charge in [0.15, 0.2) is 16.1 Å². The van der Waals surface area contributed by atoms with Crippen molar-refractivity contribution >= 4 is 155 Å². The summed E-state index contributed by atoms with van der Waals surface area (Å²) in [6, 6.07) is 34.4. The molecule has 0 spiro atoms. The average molecular weight is 1560 g/mol. The molecule has 0 unspecified atom stereocenters. The lowest BCUT2D eigenvalue weighted by molar-refractivity contribution is 0.844. The average Bonchev–Trinajstić information content (AvgIpc) is 1.45. The Morgan fingerprint density at radius 1 is 0.194 bits per heavy atom. The normalized spacial score (nSPS) is 16.2. The van der Waals surface area contributed by atoms with Crippen molar-refractivity contribution in [3.63, 3.8) is 0 Å². The first kappa shape index (κ1) is 84.4. The Labute approximate surface area is 623 Å². The second-order valence-electron chi connectivity index (χ2n) is 46.8. The van der Waals surface area contributed by atoms with Crippen LogP contribution in [0.15, 0.2) is 72.8 Å². The molecule has 98 heavy (non-hydrogen) atoms. The standard InChI is InChI=1S/C84H154Si14/c1-57(2)63-47-45-48-64(58(3)4)75(63)97(77-67(81(89(21,22)23)90(24,25)26)51-61(79(85(9,10)11)86(12,13)14)52-68(77)82(91(27,28)29)92(30,31)32)71-55-73-74(56-72(71)97)98(73,76-65(59(5)6)49-46-50-66(76)60(7)8)78-69(83(93(33,34)35)94(36,37)38)53-62(80(87(15,16)17)88(18,19)20)54-70(78)84(95(39,40)41)96(42,43)44/h45-60,79-84H,1-44H3. The van der Waals surface area contributed by atoms with Gasteiger partial charge in [-0.05, 0) is 152 Å². The van der Waals surface area contributed by atoms with E-state index in [1.165, 1.54) is 0 Å². The smallest absolute Gasteiger partial charge is 0.0693 e. The minimum absolute atomic E-state index is 0.399. The van der Waals surface area contributed by atoms with E-state index >= 15 is 0 Å². The van der Waals surface area contributed by atoms with Crippen LogP contribution in [0.2, 0.25) is 236 Å². The van der Waals surface area contributed by atoms with Crippen molar-refractivity contribution in [2.75, 3.05) is 0 Å². The minimum Gasteiger partial charge on any atom is -0.0693 e. The van der Waals surface area contributed by atoms with E-state index in [4.69, 9.17) is 0 Å². The third-order valence-corrected chi connectivity index (χ3v) is 89.1. The number of hydrogen-bond donors (Lipinski definition) is 0. The van der Waals surface area contributed by atoms with Crippen LogP contribution < -0.4 is 41.5 Å². The van der Waals surface area contributed by atoms with Crippen molar-refractivity contribution in [2.45, 2.75) is 346 Å². The van der Waals surface area contributed by atoms with Crippen LogP contribution in [0.4, 0.5) is 0 Å². The monoisotopic (exact) mass is 1550 g/mol. The summed E-state index contributed by atoms with van der Waals surface area (Å²) < 4.78 is 0. The second kappa shape index (κ2) is 27.1. The van der Waals surface area contributed by atoms with E-state index in [-0.39, 0.29) is 0 Å². The SMILES string of the molecule is CC(C)c1cccc(C(C)C)c1[Si]1(c2c(C([Si](C)(C)C)[Si](C)(C)C)cc(C([Si](C)(C)C)[Si](C)(C)C)cc2C([Si](C)(C)C)[Si](C)(C)C)c2cc3c(cc21)[Si]3(c1c(C(C)C)cccc1C(C)C)c1c(C([Si](C)(C)C)[Si](C)(C)C)cc(C([Si](C)(C)C)[Si](C)(C)C)cc1C([Si](C)(C)C)[Si](C)(C)C. The molecule has 0 radical (unpaired) electrons. The quantitative estimate of drug-likeness (QED) is 0.0474. The summed E-state index contributed by atoms with van der Waals surface area (Å²) in [5.41, 5.74) is 17.7. The molecule has 7 rings (SSSR count). The molecule has 5 aromatic rings. The van der Waals surface area contributed by atoms with E-state index in [0.29, 0.717) is 54.7 Å². The van der Waals surface area contributed by atoms with E-state index in [1.807, 2.05) is 63.7 Å². The fourth-order valence-electron chi connectivity index (χ4n) is 24.0. The molecule has 2 heterocycles. The largest absolute Gasteiger partial charge is 0.180 e. The number of fused-ring (bicyclic) bond motifs is 2. The topological polar surface area (TPSA) is 0 Å². The summed E-state index contributed by atoms with van der Waals surface area (Å²) >= 11 is 0. The van der Waals surface area contributed by atoms with Gasteiger partial charge in [-0.25, -0.2) is 0 Å². The predicted molar refractivity (Wildman–Crippen MR) is 494 cm³/mol. The number of rotatable bonds is 26. The molecular weight excluding hydrogens is 1400 g/mol. The van der Waals surface area contributed by atoms with Crippen molar-refractivity contribution in [3.8, 4) is 0 Å². The molecule has 0 atom stereocenters. The zero-order chi connectivity index (χ0) is 75.7. The van der Waals surface area contributed by atoms with Crippen molar-refractivity contribution in [3.05, 3.63) is 128 Å².